The zero-order valence-electron chi connectivity index (χ0n) is 15.8. The van der Waals surface area contributed by atoms with Gasteiger partial charge >= 0.3 is 6.03 Å². The highest BCUT2D eigenvalue weighted by atomic mass is 16.5. The summed E-state index contributed by atoms with van der Waals surface area (Å²) in [6.07, 6.45) is 5.09. The van der Waals surface area contributed by atoms with Crippen molar-refractivity contribution in [1.82, 2.24) is 10.2 Å². The first kappa shape index (κ1) is 19.2. The quantitative estimate of drug-likeness (QED) is 0.820. The van der Waals surface area contributed by atoms with Crippen LogP contribution in [0.4, 0.5) is 4.79 Å². The van der Waals surface area contributed by atoms with Crippen LogP contribution in [-0.2, 0) is 6.42 Å². The van der Waals surface area contributed by atoms with E-state index in [0.29, 0.717) is 36.3 Å². The minimum Gasteiger partial charge on any atom is -0.493 e. The number of hydrogen-bond donors (Lipinski definition) is 1. The van der Waals surface area contributed by atoms with Crippen molar-refractivity contribution in [2.24, 2.45) is 0 Å². The SMILES string of the molecule is CCC1CCCCN1C(=O)NCCc1ccc(OC)c(OC)c1OC. The maximum absolute atomic E-state index is 12.5. The molecule has 1 aliphatic rings. The lowest BCUT2D eigenvalue weighted by molar-refractivity contribution is 0.149. The van der Waals surface area contributed by atoms with Crippen LogP contribution in [0.25, 0.3) is 0 Å². The van der Waals surface area contributed by atoms with E-state index in [1.165, 1.54) is 6.42 Å². The predicted octanol–water partition coefficient (Wildman–Crippen LogP) is 3.23. The van der Waals surface area contributed by atoms with Crippen LogP contribution in [0.5, 0.6) is 17.2 Å². The van der Waals surface area contributed by atoms with Crippen LogP contribution in [0.1, 0.15) is 38.2 Å². The first-order valence-corrected chi connectivity index (χ1v) is 8.98. The van der Waals surface area contributed by atoms with Crippen LogP contribution >= 0.6 is 0 Å². The molecule has 0 saturated carbocycles. The van der Waals surface area contributed by atoms with E-state index in [2.05, 4.69) is 12.2 Å². The summed E-state index contributed by atoms with van der Waals surface area (Å²) in [5.41, 5.74) is 0.978. The number of rotatable bonds is 7. The van der Waals surface area contributed by atoms with Crippen LogP contribution < -0.4 is 19.5 Å². The van der Waals surface area contributed by atoms with Crippen molar-refractivity contribution >= 4 is 6.03 Å². The molecule has 1 fully saturated rings. The number of piperidine rings is 1. The summed E-state index contributed by atoms with van der Waals surface area (Å²) >= 11 is 0. The summed E-state index contributed by atoms with van der Waals surface area (Å²) in [7, 11) is 4.80. The smallest absolute Gasteiger partial charge is 0.317 e. The minimum atomic E-state index is 0.0333. The van der Waals surface area contributed by atoms with E-state index < -0.39 is 0 Å². The van der Waals surface area contributed by atoms with Crippen molar-refractivity contribution in [3.05, 3.63) is 17.7 Å². The number of nitrogens with zero attached hydrogens (tertiary/aromatic N) is 1. The molecule has 0 spiro atoms. The first-order chi connectivity index (χ1) is 12.2. The van der Waals surface area contributed by atoms with E-state index in [-0.39, 0.29) is 6.03 Å². The van der Waals surface area contributed by atoms with E-state index in [4.69, 9.17) is 14.2 Å². The normalized spacial score (nSPS) is 17.1. The number of hydrogen-bond acceptors (Lipinski definition) is 4. The Morgan fingerprint density at radius 2 is 1.92 bits per heavy atom. The summed E-state index contributed by atoms with van der Waals surface area (Å²) in [6, 6.07) is 4.20. The Kier molecular flexibility index (Phi) is 7.22. The lowest BCUT2D eigenvalue weighted by Gasteiger charge is -2.35. The number of benzene rings is 1. The van der Waals surface area contributed by atoms with Gasteiger partial charge in [0.2, 0.25) is 5.75 Å². The Labute approximate surface area is 150 Å². The van der Waals surface area contributed by atoms with Crippen molar-refractivity contribution in [2.45, 2.75) is 45.1 Å². The van der Waals surface area contributed by atoms with E-state index in [9.17, 15) is 4.79 Å². The number of amides is 2. The Balaban J connectivity index is 1.98. The molecule has 0 radical (unpaired) electrons. The monoisotopic (exact) mass is 350 g/mol. The number of methoxy groups -OCH3 is 3. The second-order valence-corrected chi connectivity index (χ2v) is 6.23. The van der Waals surface area contributed by atoms with Crippen LogP contribution in [0.2, 0.25) is 0 Å². The molecule has 1 saturated heterocycles. The Morgan fingerprint density at radius 1 is 1.16 bits per heavy atom. The molecule has 1 aromatic carbocycles. The molecule has 0 aliphatic carbocycles. The van der Waals surface area contributed by atoms with Gasteiger partial charge in [0.1, 0.15) is 0 Å². The average molecular weight is 350 g/mol. The number of urea groups is 1. The highest BCUT2D eigenvalue weighted by molar-refractivity contribution is 5.74. The largest absolute Gasteiger partial charge is 0.493 e. The Morgan fingerprint density at radius 3 is 2.56 bits per heavy atom. The fourth-order valence-electron chi connectivity index (χ4n) is 3.46. The van der Waals surface area contributed by atoms with Gasteiger partial charge in [-0.25, -0.2) is 4.79 Å². The van der Waals surface area contributed by atoms with E-state index >= 15 is 0 Å². The fourth-order valence-corrected chi connectivity index (χ4v) is 3.46. The molecule has 1 atom stereocenters. The highest BCUT2D eigenvalue weighted by Crippen LogP contribution is 2.39. The van der Waals surface area contributed by atoms with Gasteiger partial charge < -0.3 is 24.4 Å². The topological polar surface area (TPSA) is 60.0 Å². The van der Waals surface area contributed by atoms with Gasteiger partial charge in [0.15, 0.2) is 11.5 Å². The summed E-state index contributed by atoms with van der Waals surface area (Å²) in [4.78, 5) is 14.5. The highest BCUT2D eigenvalue weighted by Gasteiger charge is 2.25. The van der Waals surface area contributed by atoms with Gasteiger partial charge in [-0.1, -0.05) is 13.0 Å². The maximum Gasteiger partial charge on any atom is 0.317 e. The van der Waals surface area contributed by atoms with E-state index in [0.717, 1.165) is 31.4 Å². The Hall–Kier alpha value is -2.11. The molecule has 1 unspecified atom stereocenters. The van der Waals surface area contributed by atoms with Crippen LogP contribution in [0.15, 0.2) is 12.1 Å². The molecule has 25 heavy (non-hydrogen) atoms. The standard InChI is InChI=1S/C19H30N2O4/c1-5-15-8-6-7-13-21(15)19(22)20-12-11-14-9-10-16(23-2)18(25-4)17(14)24-3/h9-10,15H,5-8,11-13H2,1-4H3,(H,20,22). The molecule has 1 heterocycles. The number of ether oxygens (including phenoxy) is 3. The van der Waals surface area contributed by atoms with Crippen molar-refractivity contribution in [2.75, 3.05) is 34.4 Å². The number of carbonyl (C=O) groups is 1. The number of likely N-dealkylation sites (tertiary alicyclic amines) is 1. The van der Waals surface area contributed by atoms with Gasteiger partial charge in [0, 0.05) is 24.7 Å². The third kappa shape index (κ3) is 4.50. The maximum atomic E-state index is 12.5. The molecule has 140 valence electrons. The van der Waals surface area contributed by atoms with Gasteiger partial charge in [-0.05, 0) is 38.2 Å². The summed E-state index contributed by atoms with van der Waals surface area (Å²) < 4.78 is 16.2. The molecular formula is C19H30N2O4. The van der Waals surface area contributed by atoms with Crippen LogP contribution in [0, 0.1) is 0 Å². The predicted molar refractivity (Wildman–Crippen MR) is 97.8 cm³/mol. The van der Waals surface area contributed by atoms with Crippen molar-refractivity contribution in [3.63, 3.8) is 0 Å². The minimum absolute atomic E-state index is 0.0333. The second kappa shape index (κ2) is 9.39. The van der Waals surface area contributed by atoms with E-state index in [1.807, 2.05) is 17.0 Å². The van der Waals surface area contributed by atoms with Gasteiger partial charge in [-0.2, -0.15) is 0 Å². The fraction of sp³-hybridized carbons (Fsp3) is 0.632. The third-order valence-corrected chi connectivity index (χ3v) is 4.82. The zero-order valence-corrected chi connectivity index (χ0v) is 15.8. The molecule has 1 N–H and O–H groups in total. The van der Waals surface area contributed by atoms with Crippen LogP contribution in [-0.4, -0.2) is 51.4 Å². The van der Waals surface area contributed by atoms with Crippen molar-refractivity contribution < 1.29 is 19.0 Å². The number of nitrogens with one attached hydrogen (secondary N) is 1. The Bertz CT molecular complexity index is 577. The molecule has 6 heteroatoms. The second-order valence-electron chi connectivity index (χ2n) is 6.23. The molecular weight excluding hydrogens is 320 g/mol. The van der Waals surface area contributed by atoms with Gasteiger partial charge in [0.25, 0.3) is 0 Å². The molecule has 1 aliphatic heterocycles. The molecule has 0 aromatic heterocycles. The van der Waals surface area contributed by atoms with Gasteiger partial charge in [-0.15, -0.1) is 0 Å². The van der Waals surface area contributed by atoms with Crippen molar-refractivity contribution in [3.8, 4) is 17.2 Å². The first-order valence-electron chi connectivity index (χ1n) is 8.98. The van der Waals surface area contributed by atoms with E-state index in [1.54, 1.807) is 21.3 Å². The molecule has 2 amide bonds. The van der Waals surface area contributed by atoms with Gasteiger partial charge in [0.05, 0.1) is 21.3 Å². The third-order valence-electron chi connectivity index (χ3n) is 4.82. The molecule has 6 nitrogen and oxygen atoms in total. The average Bonchev–Trinajstić information content (AvgIpc) is 2.66. The lowest BCUT2D eigenvalue weighted by Crippen LogP contribution is -2.48. The van der Waals surface area contributed by atoms with Crippen LogP contribution in [0.3, 0.4) is 0 Å². The summed E-state index contributed by atoms with van der Waals surface area (Å²) in [5, 5.41) is 3.04. The molecule has 0 bridgehead atoms. The number of carbonyl (C=O) groups excluding carboxylic acids is 1. The van der Waals surface area contributed by atoms with Gasteiger partial charge in [-0.3, -0.25) is 0 Å². The summed E-state index contributed by atoms with van der Waals surface area (Å²) in [6.45, 7) is 3.55. The summed E-state index contributed by atoms with van der Waals surface area (Å²) in [5.74, 6) is 1.86. The lowest BCUT2D eigenvalue weighted by atomic mass is 10.0. The molecule has 2 rings (SSSR count). The molecule has 1 aromatic rings. The zero-order chi connectivity index (χ0) is 18.2. The van der Waals surface area contributed by atoms with Crippen molar-refractivity contribution in [1.29, 1.82) is 0 Å².